The molecule has 12 heteroatoms. The van der Waals surface area contributed by atoms with Crippen LogP contribution in [0.4, 0.5) is 4.79 Å². The van der Waals surface area contributed by atoms with Crippen molar-refractivity contribution in [1.82, 2.24) is 26.2 Å². The number of esters is 1. The Morgan fingerprint density at radius 1 is 0.887 bits per heavy atom. The minimum Gasteiger partial charge on any atom is -0.459 e. The van der Waals surface area contributed by atoms with Crippen LogP contribution in [0.5, 0.6) is 0 Å². The van der Waals surface area contributed by atoms with Crippen LogP contribution in [0.3, 0.4) is 0 Å². The van der Waals surface area contributed by atoms with E-state index < -0.39 is 65.1 Å². The molecule has 53 heavy (non-hydrogen) atoms. The van der Waals surface area contributed by atoms with Crippen molar-refractivity contribution in [2.75, 3.05) is 13.1 Å². The average Bonchev–Trinajstić information content (AvgIpc) is 3.62. The number of benzene rings is 1. The minimum absolute atomic E-state index is 0.0546. The van der Waals surface area contributed by atoms with Crippen LogP contribution >= 0.6 is 0 Å². The number of carbonyl (C=O) groups excluding carboxylic acids is 6. The van der Waals surface area contributed by atoms with E-state index in [2.05, 4.69) is 48.6 Å². The summed E-state index contributed by atoms with van der Waals surface area (Å²) < 4.78 is 5.28. The van der Waals surface area contributed by atoms with Gasteiger partial charge in [0.05, 0.1) is 6.04 Å². The highest BCUT2D eigenvalue weighted by Crippen LogP contribution is 2.26. The van der Waals surface area contributed by atoms with Gasteiger partial charge in [-0.1, -0.05) is 130 Å². The highest BCUT2D eigenvalue weighted by molar-refractivity contribution is 6.38. The molecule has 1 aliphatic carbocycles. The maximum absolute atomic E-state index is 13.8. The van der Waals surface area contributed by atoms with Crippen molar-refractivity contribution in [3.63, 3.8) is 0 Å². The molecule has 5 amide bonds. The predicted molar refractivity (Wildman–Crippen MR) is 209 cm³/mol. The molecule has 4 unspecified atom stereocenters. The van der Waals surface area contributed by atoms with Gasteiger partial charge in [-0.05, 0) is 43.1 Å². The SMILES string of the molecule is C1CCCCC1.C=CCNC(=O)C(=O)C(CCC)NC(=O)C1CCCN1C(=O)C(NC(=O)NC(C)C(=O)OCc1ccccc1)C(C)(C)C.CC(C)C. The molecule has 298 valence electrons. The molecule has 0 bridgehead atoms. The molecule has 0 aromatic heterocycles. The first-order valence-corrected chi connectivity index (χ1v) is 19.3. The Balaban J connectivity index is 0.00000122. The lowest BCUT2D eigenvalue weighted by atomic mass is 9.85. The molecule has 1 aromatic rings. The summed E-state index contributed by atoms with van der Waals surface area (Å²) in [5, 5.41) is 10.3. The van der Waals surface area contributed by atoms with Crippen LogP contribution in [0.1, 0.15) is 125 Å². The van der Waals surface area contributed by atoms with Gasteiger partial charge in [-0.3, -0.25) is 19.2 Å². The Hall–Kier alpha value is -4.22. The molecule has 4 atom stereocenters. The lowest BCUT2D eigenvalue weighted by Gasteiger charge is -2.35. The van der Waals surface area contributed by atoms with Gasteiger partial charge in [0.25, 0.3) is 5.91 Å². The molecule has 1 saturated heterocycles. The second kappa shape index (κ2) is 24.9. The van der Waals surface area contributed by atoms with E-state index in [9.17, 15) is 28.8 Å². The van der Waals surface area contributed by atoms with Crippen molar-refractivity contribution in [3.05, 3.63) is 48.6 Å². The first-order valence-electron chi connectivity index (χ1n) is 19.3. The van der Waals surface area contributed by atoms with Gasteiger partial charge in [0, 0.05) is 13.1 Å². The molecule has 4 N–H and O–H groups in total. The summed E-state index contributed by atoms with van der Waals surface area (Å²) in [6.07, 6.45) is 12.1. The molecule has 0 spiro atoms. The van der Waals surface area contributed by atoms with Crippen molar-refractivity contribution in [1.29, 1.82) is 0 Å². The van der Waals surface area contributed by atoms with Gasteiger partial charge in [-0.25, -0.2) is 9.59 Å². The number of nitrogens with one attached hydrogen (secondary N) is 4. The van der Waals surface area contributed by atoms with Gasteiger partial charge in [0.1, 0.15) is 24.7 Å². The van der Waals surface area contributed by atoms with Crippen molar-refractivity contribution in [3.8, 4) is 0 Å². The van der Waals surface area contributed by atoms with Crippen LogP contribution < -0.4 is 21.3 Å². The van der Waals surface area contributed by atoms with E-state index in [1.807, 2.05) is 37.3 Å². The molecular formula is C41H67N5O7. The third-order valence-corrected chi connectivity index (χ3v) is 8.49. The maximum Gasteiger partial charge on any atom is 0.328 e. The molecule has 1 heterocycles. The molecule has 2 aliphatic rings. The molecule has 3 rings (SSSR count). The van der Waals surface area contributed by atoms with Gasteiger partial charge < -0.3 is 30.9 Å². The number of ketones is 1. The third-order valence-electron chi connectivity index (χ3n) is 8.49. The number of rotatable bonds is 14. The molecule has 2 fully saturated rings. The number of urea groups is 1. The Morgan fingerprint density at radius 3 is 1.96 bits per heavy atom. The number of hydrogen-bond donors (Lipinski definition) is 4. The van der Waals surface area contributed by atoms with E-state index in [0.717, 1.165) is 11.5 Å². The number of Topliss-reactive ketones (excluding diaryl/α,β-unsaturated/α-hetero) is 1. The van der Waals surface area contributed by atoms with Gasteiger partial charge in [-0.15, -0.1) is 6.58 Å². The molecule has 1 saturated carbocycles. The summed E-state index contributed by atoms with van der Waals surface area (Å²) in [5.41, 5.74) is 0.0513. The van der Waals surface area contributed by atoms with Crippen molar-refractivity contribution in [2.45, 2.75) is 150 Å². The van der Waals surface area contributed by atoms with Crippen LogP contribution in [0, 0.1) is 11.3 Å². The Kier molecular flexibility index (Phi) is 22.0. The quantitative estimate of drug-likeness (QED) is 0.104. The Labute approximate surface area is 318 Å². The van der Waals surface area contributed by atoms with Crippen molar-refractivity contribution in [2.24, 2.45) is 11.3 Å². The number of amides is 5. The van der Waals surface area contributed by atoms with Crippen molar-refractivity contribution < 1.29 is 33.5 Å². The lowest BCUT2D eigenvalue weighted by Crippen LogP contribution is -2.60. The minimum atomic E-state index is -1.04. The Morgan fingerprint density at radius 2 is 1.45 bits per heavy atom. The summed E-state index contributed by atoms with van der Waals surface area (Å²) >= 11 is 0. The standard InChI is InChI=1S/C31H45N5O7.C6H12.C4H10/c1-7-13-22(24(37)27(39)32-17-8-2)34-26(38)23-16-12-18-36(23)28(40)25(31(4,5)6)35-30(42)33-20(3)29(41)43-19-21-14-10-9-11-15-21;1-2-4-6-5-3-1;1-4(2)3/h8-11,14-15,20,22-23,25H,2,7,12-13,16-19H2,1,3-6H3,(H,32,39)(H,34,38)(H2,33,35,42);1-6H2;4H,1-3H3. The first-order chi connectivity index (χ1) is 25.0. The second-order valence-corrected chi connectivity index (χ2v) is 15.5. The number of carbonyl (C=O) groups is 6. The van der Waals surface area contributed by atoms with E-state index in [0.29, 0.717) is 19.3 Å². The predicted octanol–water partition coefficient (Wildman–Crippen LogP) is 5.98. The summed E-state index contributed by atoms with van der Waals surface area (Å²) in [7, 11) is 0. The van der Waals surface area contributed by atoms with Gasteiger partial charge in [-0.2, -0.15) is 0 Å². The second-order valence-electron chi connectivity index (χ2n) is 15.5. The fourth-order valence-electron chi connectivity index (χ4n) is 5.70. The number of ether oxygens (including phenoxy) is 1. The summed E-state index contributed by atoms with van der Waals surface area (Å²) in [5.74, 6) is -2.40. The summed E-state index contributed by atoms with van der Waals surface area (Å²) in [6, 6.07) is 4.44. The van der Waals surface area contributed by atoms with Gasteiger partial charge in [0.15, 0.2) is 0 Å². The van der Waals surface area contributed by atoms with Crippen LogP contribution in [-0.4, -0.2) is 77.7 Å². The zero-order valence-corrected chi connectivity index (χ0v) is 33.6. The highest BCUT2D eigenvalue weighted by Gasteiger charge is 2.43. The molecule has 1 aromatic carbocycles. The lowest BCUT2D eigenvalue weighted by molar-refractivity contribution is -0.146. The third kappa shape index (κ3) is 18.4. The zero-order valence-electron chi connectivity index (χ0n) is 33.6. The van der Waals surface area contributed by atoms with E-state index in [-0.39, 0.29) is 26.1 Å². The zero-order chi connectivity index (χ0) is 40.0. The fourth-order valence-corrected chi connectivity index (χ4v) is 5.70. The van der Waals surface area contributed by atoms with E-state index in [4.69, 9.17) is 4.74 Å². The van der Waals surface area contributed by atoms with Crippen LogP contribution in [-0.2, 0) is 35.3 Å². The highest BCUT2D eigenvalue weighted by atomic mass is 16.5. The number of likely N-dealkylation sites (tertiary alicyclic amines) is 1. The first kappa shape index (κ1) is 46.8. The van der Waals surface area contributed by atoms with E-state index in [1.165, 1.54) is 56.4 Å². The Bertz CT molecular complexity index is 1290. The largest absolute Gasteiger partial charge is 0.459 e. The number of hydrogen-bond acceptors (Lipinski definition) is 7. The van der Waals surface area contributed by atoms with Crippen LogP contribution in [0.15, 0.2) is 43.0 Å². The van der Waals surface area contributed by atoms with E-state index in [1.54, 1.807) is 20.8 Å². The maximum atomic E-state index is 13.8. The molecule has 1 aliphatic heterocycles. The van der Waals surface area contributed by atoms with E-state index >= 15 is 0 Å². The fraction of sp³-hybridized carbons (Fsp3) is 0.659. The smallest absolute Gasteiger partial charge is 0.328 e. The number of nitrogens with zero attached hydrogens (tertiary/aromatic N) is 1. The molecule has 0 radical (unpaired) electrons. The summed E-state index contributed by atoms with van der Waals surface area (Å²) in [4.78, 5) is 78.7. The van der Waals surface area contributed by atoms with Crippen LogP contribution in [0.25, 0.3) is 0 Å². The monoisotopic (exact) mass is 742 g/mol. The van der Waals surface area contributed by atoms with Crippen molar-refractivity contribution >= 4 is 35.5 Å². The topological polar surface area (TPSA) is 163 Å². The molecular weight excluding hydrogens is 674 g/mol. The molecule has 12 nitrogen and oxygen atoms in total. The normalized spacial score (nSPS) is 16.9. The summed E-state index contributed by atoms with van der Waals surface area (Å²) in [6.45, 7) is 19.1. The van der Waals surface area contributed by atoms with Gasteiger partial charge >= 0.3 is 12.0 Å². The average molecular weight is 742 g/mol. The van der Waals surface area contributed by atoms with Gasteiger partial charge in [0.2, 0.25) is 17.6 Å². The van der Waals surface area contributed by atoms with Crippen LogP contribution in [0.2, 0.25) is 0 Å².